The highest BCUT2D eigenvalue weighted by Crippen LogP contribution is 2.30. The van der Waals surface area contributed by atoms with E-state index in [9.17, 15) is 39.0 Å². The molecular weight excluding hydrogens is 417 g/mol. The van der Waals surface area contributed by atoms with Crippen LogP contribution in [0.3, 0.4) is 0 Å². The largest absolute Gasteiger partial charge is 0.325 e. The Morgan fingerprint density at radius 1 is 1.10 bits per heavy atom. The van der Waals surface area contributed by atoms with Crippen LogP contribution in [0.4, 0.5) is 26.2 Å². The lowest BCUT2D eigenvalue weighted by molar-refractivity contribution is -0.385. The molecule has 0 bridgehead atoms. The van der Waals surface area contributed by atoms with Gasteiger partial charge in [-0.1, -0.05) is 0 Å². The number of rotatable bonds is 6. The number of halogens is 1. The van der Waals surface area contributed by atoms with E-state index in [4.69, 9.17) is 0 Å². The van der Waals surface area contributed by atoms with Gasteiger partial charge in [-0.15, -0.1) is 0 Å². The summed E-state index contributed by atoms with van der Waals surface area (Å²) in [5.74, 6) is -2.70. The molecule has 1 atom stereocenters. The van der Waals surface area contributed by atoms with Crippen molar-refractivity contribution in [3.8, 4) is 0 Å². The van der Waals surface area contributed by atoms with Crippen molar-refractivity contribution in [3.05, 3.63) is 74.1 Å². The van der Waals surface area contributed by atoms with Crippen molar-refractivity contribution in [3.63, 3.8) is 0 Å². The number of benzene rings is 2. The third-order valence-electron chi connectivity index (χ3n) is 4.67. The van der Waals surface area contributed by atoms with E-state index in [0.717, 1.165) is 18.2 Å². The molecule has 1 unspecified atom stereocenters. The van der Waals surface area contributed by atoms with E-state index in [1.165, 1.54) is 31.2 Å². The predicted molar refractivity (Wildman–Crippen MR) is 102 cm³/mol. The Kier molecular flexibility index (Phi) is 5.34. The molecule has 0 radical (unpaired) electrons. The monoisotopic (exact) mass is 431 g/mol. The van der Waals surface area contributed by atoms with Gasteiger partial charge in [-0.2, -0.15) is 0 Å². The molecule has 0 aromatic heterocycles. The lowest BCUT2D eigenvalue weighted by atomic mass is 9.92. The van der Waals surface area contributed by atoms with Crippen molar-refractivity contribution in [2.24, 2.45) is 0 Å². The fourth-order valence-corrected chi connectivity index (χ4v) is 3.01. The zero-order valence-electron chi connectivity index (χ0n) is 15.8. The van der Waals surface area contributed by atoms with Crippen LogP contribution in [-0.4, -0.2) is 39.1 Å². The number of non-ortho nitro benzene ring substituents is 2. The van der Waals surface area contributed by atoms with Crippen LogP contribution in [-0.2, 0) is 15.1 Å². The molecule has 1 fully saturated rings. The molecule has 1 aliphatic rings. The molecule has 160 valence electrons. The third kappa shape index (κ3) is 4.01. The molecule has 4 amide bonds. The molecule has 2 aromatic rings. The number of nitro groups is 2. The number of urea groups is 1. The lowest BCUT2D eigenvalue weighted by Gasteiger charge is -2.22. The van der Waals surface area contributed by atoms with Crippen LogP contribution in [0.1, 0.15) is 12.5 Å². The minimum atomic E-state index is -1.58. The SMILES string of the molecule is CC1(c2ccc([N+](=O)[O-])cc2)NC(=O)N(CC(=O)Nc2cc([N+](=O)[O-])ccc2F)C1=O. The number of hydrogen-bond acceptors (Lipinski definition) is 7. The third-order valence-corrected chi connectivity index (χ3v) is 4.67. The van der Waals surface area contributed by atoms with E-state index in [2.05, 4.69) is 10.6 Å². The Hall–Kier alpha value is -4.42. The summed E-state index contributed by atoms with van der Waals surface area (Å²) in [5.41, 5.74) is -2.48. The topological polar surface area (TPSA) is 165 Å². The Morgan fingerprint density at radius 2 is 1.68 bits per heavy atom. The summed E-state index contributed by atoms with van der Waals surface area (Å²) in [6.45, 7) is 0.585. The quantitative estimate of drug-likeness (QED) is 0.401. The van der Waals surface area contributed by atoms with Gasteiger partial charge in [0.05, 0.1) is 15.5 Å². The highest BCUT2D eigenvalue weighted by atomic mass is 19.1. The van der Waals surface area contributed by atoms with Gasteiger partial charge in [0.25, 0.3) is 17.3 Å². The molecule has 1 heterocycles. The van der Waals surface area contributed by atoms with E-state index in [0.29, 0.717) is 4.90 Å². The maximum Gasteiger partial charge on any atom is 0.325 e. The number of nitrogens with zero attached hydrogens (tertiary/aromatic N) is 3. The van der Waals surface area contributed by atoms with Crippen molar-refractivity contribution in [1.29, 1.82) is 0 Å². The molecule has 0 spiro atoms. The van der Waals surface area contributed by atoms with Crippen molar-refractivity contribution < 1.29 is 28.6 Å². The fourth-order valence-electron chi connectivity index (χ4n) is 3.01. The van der Waals surface area contributed by atoms with Gasteiger partial charge in [0, 0.05) is 24.3 Å². The zero-order chi connectivity index (χ0) is 22.9. The highest BCUT2D eigenvalue weighted by Gasteiger charge is 2.49. The van der Waals surface area contributed by atoms with Crippen LogP contribution in [0.25, 0.3) is 0 Å². The van der Waals surface area contributed by atoms with Crippen molar-refractivity contribution >= 4 is 34.9 Å². The van der Waals surface area contributed by atoms with Gasteiger partial charge in [0.15, 0.2) is 0 Å². The van der Waals surface area contributed by atoms with E-state index in [1.807, 2.05) is 0 Å². The number of anilines is 1. The number of nitrogens with one attached hydrogen (secondary N) is 2. The summed E-state index contributed by atoms with van der Waals surface area (Å²) in [6.07, 6.45) is 0. The number of imide groups is 1. The van der Waals surface area contributed by atoms with Crippen molar-refractivity contribution in [1.82, 2.24) is 10.2 Å². The summed E-state index contributed by atoms with van der Waals surface area (Å²) < 4.78 is 13.8. The second-order valence-electron chi connectivity index (χ2n) is 6.72. The second-order valence-corrected chi connectivity index (χ2v) is 6.72. The zero-order valence-corrected chi connectivity index (χ0v) is 15.8. The van der Waals surface area contributed by atoms with Gasteiger partial charge in [0.2, 0.25) is 5.91 Å². The molecule has 31 heavy (non-hydrogen) atoms. The number of carbonyl (C=O) groups is 3. The summed E-state index contributed by atoms with van der Waals surface area (Å²) in [7, 11) is 0. The smallest absolute Gasteiger partial charge is 0.322 e. The molecule has 2 aromatic carbocycles. The van der Waals surface area contributed by atoms with E-state index in [-0.39, 0.29) is 11.3 Å². The molecule has 13 heteroatoms. The highest BCUT2D eigenvalue weighted by molar-refractivity contribution is 6.10. The standard InChI is InChI=1S/C18H14FN5O7/c1-18(10-2-4-11(5-3-10)23(28)29)16(26)22(17(27)21-18)9-15(25)20-14-8-12(24(30)31)6-7-13(14)19/h2-8H,9H2,1H3,(H,20,25)(H,21,27). The first-order chi connectivity index (χ1) is 14.5. The minimum absolute atomic E-state index is 0.209. The van der Waals surface area contributed by atoms with Gasteiger partial charge in [-0.05, 0) is 30.7 Å². The molecular formula is C18H14FN5O7. The first-order valence-electron chi connectivity index (χ1n) is 8.66. The molecule has 0 aliphatic carbocycles. The Morgan fingerprint density at radius 3 is 2.26 bits per heavy atom. The molecule has 3 rings (SSSR count). The summed E-state index contributed by atoms with van der Waals surface area (Å²) >= 11 is 0. The molecule has 2 N–H and O–H groups in total. The normalized spacial score (nSPS) is 17.9. The average molecular weight is 431 g/mol. The summed E-state index contributed by atoms with van der Waals surface area (Å²) in [5, 5.41) is 26.1. The van der Waals surface area contributed by atoms with Crippen molar-refractivity contribution in [2.75, 3.05) is 11.9 Å². The Bertz CT molecular complexity index is 1120. The maximum absolute atomic E-state index is 13.8. The van der Waals surface area contributed by atoms with Crippen LogP contribution >= 0.6 is 0 Å². The number of nitro benzene ring substituents is 2. The van der Waals surface area contributed by atoms with E-state index in [1.54, 1.807) is 0 Å². The number of amides is 4. The van der Waals surface area contributed by atoms with Gasteiger partial charge in [-0.3, -0.25) is 34.7 Å². The van der Waals surface area contributed by atoms with Gasteiger partial charge in [0.1, 0.15) is 17.9 Å². The summed E-state index contributed by atoms with van der Waals surface area (Å²) in [6, 6.07) is 6.56. The average Bonchev–Trinajstić information content (AvgIpc) is 2.93. The molecule has 0 saturated carbocycles. The van der Waals surface area contributed by atoms with Crippen LogP contribution in [0.5, 0.6) is 0 Å². The Labute approximate surface area is 172 Å². The lowest BCUT2D eigenvalue weighted by Crippen LogP contribution is -2.42. The van der Waals surface area contributed by atoms with Crippen molar-refractivity contribution in [2.45, 2.75) is 12.5 Å². The number of hydrogen-bond donors (Lipinski definition) is 2. The Balaban J connectivity index is 1.77. The second kappa shape index (κ2) is 7.78. The first kappa shape index (κ1) is 21.3. The van der Waals surface area contributed by atoms with Crippen LogP contribution < -0.4 is 10.6 Å². The number of carbonyl (C=O) groups excluding carboxylic acids is 3. The van der Waals surface area contributed by atoms with Crippen LogP contribution in [0.2, 0.25) is 0 Å². The van der Waals surface area contributed by atoms with E-state index < -0.39 is 57.0 Å². The van der Waals surface area contributed by atoms with Crippen LogP contribution in [0, 0.1) is 26.0 Å². The van der Waals surface area contributed by atoms with E-state index >= 15 is 0 Å². The van der Waals surface area contributed by atoms with Crippen LogP contribution in [0.15, 0.2) is 42.5 Å². The van der Waals surface area contributed by atoms with Gasteiger partial charge < -0.3 is 10.6 Å². The fraction of sp³-hybridized carbons (Fsp3) is 0.167. The maximum atomic E-state index is 13.8. The first-order valence-corrected chi connectivity index (χ1v) is 8.66. The molecule has 12 nitrogen and oxygen atoms in total. The summed E-state index contributed by atoms with van der Waals surface area (Å²) in [4.78, 5) is 58.2. The van der Waals surface area contributed by atoms with Gasteiger partial charge in [-0.25, -0.2) is 9.18 Å². The van der Waals surface area contributed by atoms with Gasteiger partial charge >= 0.3 is 6.03 Å². The molecule has 1 aliphatic heterocycles. The predicted octanol–water partition coefficient (Wildman–Crippen LogP) is 2.05. The minimum Gasteiger partial charge on any atom is -0.322 e. The molecule has 1 saturated heterocycles.